The number of rotatable bonds is 0. The molecule has 0 aromatic rings. The standard InChI is InChI=1S/C2IS/c3-1-2-4. The molecular weight excluding hydrogens is 183 g/mol. The second-order valence-corrected chi connectivity index (χ2v) is 0.940. The summed E-state index contributed by atoms with van der Waals surface area (Å²) in [6, 6.07) is 0. The van der Waals surface area contributed by atoms with E-state index in [4.69, 9.17) is 0 Å². The molecule has 0 saturated heterocycles. The molecule has 21 valence electrons. The van der Waals surface area contributed by atoms with Crippen LogP contribution in [0.15, 0.2) is 0 Å². The van der Waals surface area contributed by atoms with Gasteiger partial charge in [0.25, 0.3) is 0 Å². The fourth-order valence-electron chi connectivity index (χ4n) is 0. The van der Waals surface area contributed by atoms with Gasteiger partial charge in [-0.15, -0.1) is 0 Å². The Kier molecular flexibility index (Phi) is 3.96. The molecule has 0 aromatic carbocycles. The van der Waals surface area contributed by atoms with Crippen molar-refractivity contribution in [1.82, 2.24) is 0 Å². The van der Waals surface area contributed by atoms with Gasteiger partial charge < -0.3 is 0 Å². The van der Waals surface area contributed by atoms with Crippen LogP contribution < -0.4 is 0 Å². The zero-order valence-electron chi connectivity index (χ0n) is 1.79. The molecule has 0 N–H and O–H groups in total. The largest absolute Gasteiger partial charge is 0.0195 e. The third kappa shape index (κ3) is 2.51. The van der Waals surface area contributed by atoms with Crippen LogP contribution in [-0.2, 0) is 0 Å². The average molecular weight is 183 g/mol. The molecule has 0 aliphatic carbocycles. The molecule has 0 rings (SSSR count). The van der Waals surface area contributed by atoms with E-state index in [9.17, 15) is 0 Å². The van der Waals surface area contributed by atoms with Crippen molar-refractivity contribution in [2.75, 3.05) is 0 Å². The maximum atomic E-state index is 4.18. The van der Waals surface area contributed by atoms with E-state index in [0.29, 0.717) is 0 Å². The lowest BCUT2D eigenvalue weighted by atomic mass is 11.4. The van der Waals surface area contributed by atoms with Crippen LogP contribution in [0.4, 0.5) is 0 Å². The summed E-state index contributed by atoms with van der Waals surface area (Å²) < 4.78 is 2.47. The second-order valence-electron chi connectivity index (χ2n) is 0.197. The van der Waals surface area contributed by atoms with Gasteiger partial charge in [-0.1, -0.05) is 0 Å². The smallest absolute Gasteiger partial charge is 0.0178 e. The van der Waals surface area contributed by atoms with E-state index in [1.165, 1.54) is 0 Å². The maximum absolute atomic E-state index is 4.18. The van der Waals surface area contributed by atoms with E-state index < -0.39 is 0 Å². The van der Waals surface area contributed by atoms with E-state index in [1.807, 2.05) is 22.6 Å². The Labute approximate surface area is 44.5 Å². The summed E-state index contributed by atoms with van der Waals surface area (Å²) in [5.41, 5.74) is 0. The molecule has 0 aliphatic rings. The first kappa shape index (κ1) is 4.51. The molecule has 0 nitrogen and oxygen atoms in total. The van der Waals surface area contributed by atoms with Gasteiger partial charge in [-0.2, -0.15) is 0 Å². The van der Waals surface area contributed by atoms with Crippen LogP contribution in [0, 0.1) is 9.18 Å². The van der Waals surface area contributed by atoms with Gasteiger partial charge in [0.1, 0.15) is 0 Å². The molecule has 0 saturated carbocycles. The van der Waals surface area contributed by atoms with Gasteiger partial charge in [0.2, 0.25) is 0 Å². The normalized spacial score (nSPS) is 3.25. The summed E-state index contributed by atoms with van der Waals surface area (Å²) >= 11 is 6.07. The summed E-state index contributed by atoms with van der Waals surface area (Å²) in [6.45, 7) is 0. The molecular formula is C2IS. The molecule has 4 heavy (non-hydrogen) atoms. The highest BCUT2D eigenvalue weighted by molar-refractivity contribution is 14.1. The Morgan fingerprint density at radius 1 is 1.75 bits per heavy atom. The highest BCUT2D eigenvalue weighted by atomic mass is 127. The fourth-order valence-corrected chi connectivity index (χ4v) is 0. The highest BCUT2D eigenvalue weighted by Gasteiger charge is 1.33. The number of hydrogen-bond acceptors (Lipinski definition) is 0. The third-order valence-corrected chi connectivity index (χ3v) is 0.776. The predicted molar refractivity (Wildman–Crippen MR) is 29.4 cm³/mol. The molecule has 1 radical (unpaired) electrons. The molecule has 0 heterocycles. The monoisotopic (exact) mass is 183 g/mol. The predicted octanol–water partition coefficient (Wildman–Crippen LogP) is 1.54. The van der Waals surface area contributed by atoms with Crippen LogP contribution in [-0.4, -0.2) is 0 Å². The number of hydrogen-bond donors (Lipinski definition) is 0. The van der Waals surface area contributed by atoms with Crippen LogP contribution in [0.25, 0.3) is 0 Å². The lowest BCUT2D eigenvalue weighted by Crippen LogP contribution is -1.11. The van der Waals surface area contributed by atoms with E-state index >= 15 is 0 Å². The van der Waals surface area contributed by atoms with Crippen molar-refractivity contribution in [3.63, 3.8) is 0 Å². The third-order valence-electron chi connectivity index (χ3n) is 0.0386. The van der Waals surface area contributed by atoms with Gasteiger partial charge in [-0.25, -0.2) is 0 Å². The van der Waals surface area contributed by atoms with Crippen LogP contribution in [0.1, 0.15) is 0 Å². The van der Waals surface area contributed by atoms with Gasteiger partial charge in [-0.3, -0.25) is 0 Å². The molecule has 0 aromatic heterocycles. The minimum atomic E-state index is 1.89. The lowest BCUT2D eigenvalue weighted by molar-refractivity contribution is 3.15. The van der Waals surface area contributed by atoms with Crippen molar-refractivity contribution < 1.29 is 0 Å². The van der Waals surface area contributed by atoms with Crippen LogP contribution in [0.3, 0.4) is 0 Å². The fraction of sp³-hybridized carbons (Fsp3) is 0. The Balaban J connectivity index is 2.83. The van der Waals surface area contributed by atoms with Gasteiger partial charge >= 0.3 is 0 Å². The lowest BCUT2D eigenvalue weighted by Gasteiger charge is -1.33. The summed E-state index contributed by atoms with van der Waals surface area (Å²) in [6.07, 6.45) is 0. The zero-order valence-corrected chi connectivity index (χ0v) is 4.76. The minimum Gasteiger partial charge on any atom is -0.0178 e. The maximum Gasteiger partial charge on any atom is 0.0195 e. The van der Waals surface area contributed by atoms with Gasteiger partial charge in [-0.05, 0) is 16.6 Å². The Morgan fingerprint density at radius 3 is 2.00 bits per heavy atom. The van der Waals surface area contributed by atoms with Gasteiger partial charge in [0.05, 0.1) is 0 Å². The summed E-state index contributed by atoms with van der Waals surface area (Å²) in [5, 5.41) is 2.25. The molecule has 0 amide bonds. The first-order valence-electron chi connectivity index (χ1n) is 0.643. The topological polar surface area (TPSA) is 0 Å². The van der Waals surface area contributed by atoms with Crippen LogP contribution in [0.5, 0.6) is 0 Å². The van der Waals surface area contributed by atoms with E-state index in [-0.39, 0.29) is 0 Å². The molecule has 0 aliphatic heterocycles. The quantitative estimate of drug-likeness (QED) is 0.394. The van der Waals surface area contributed by atoms with Crippen LogP contribution >= 0.6 is 35.2 Å². The summed E-state index contributed by atoms with van der Waals surface area (Å²) in [4.78, 5) is 0. The van der Waals surface area contributed by atoms with Crippen molar-refractivity contribution in [3.8, 4) is 9.18 Å². The van der Waals surface area contributed by atoms with Crippen molar-refractivity contribution in [2.45, 2.75) is 0 Å². The minimum absolute atomic E-state index is 1.89. The van der Waals surface area contributed by atoms with E-state index in [0.717, 1.165) is 0 Å². The van der Waals surface area contributed by atoms with Gasteiger partial charge in [0, 0.05) is 27.8 Å². The summed E-state index contributed by atoms with van der Waals surface area (Å²) in [7, 11) is 0. The number of halogens is 1. The van der Waals surface area contributed by atoms with Gasteiger partial charge in [0.15, 0.2) is 0 Å². The van der Waals surface area contributed by atoms with Crippen LogP contribution in [0.2, 0.25) is 0 Å². The molecule has 0 unspecified atom stereocenters. The van der Waals surface area contributed by atoms with E-state index in [2.05, 4.69) is 21.8 Å². The first-order chi connectivity index (χ1) is 1.91. The molecule has 0 bridgehead atoms. The SMILES string of the molecule is [S]C#CI. The highest BCUT2D eigenvalue weighted by Crippen LogP contribution is 1.69. The Morgan fingerprint density at radius 2 is 2.00 bits per heavy atom. The Hall–Kier alpha value is 0.510. The van der Waals surface area contributed by atoms with Crippen molar-refractivity contribution in [1.29, 1.82) is 0 Å². The zero-order chi connectivity index (χ0) is 3.41. The molecule has 0 spiro atoms. The van der Waals surface area contributed by atoms with Crippen molar-refractivity contribution in [2.24, 2.45) is 0 Å². The average Bonchev–Trinajstić information content (AvgIpc) is 1.37. The molecule has 0 atom stereocenters. The molecule has 2 heteroatoms. The summed E-state index contributed by atoms with van der Waals surface area (Å²) in [5.74, 6) is 0. The van der Waals surface area contributed by atoms with Crippen molar-refractivity contribution >= 4 is 35.2 Å². The van der Waals surface area contributed by atoms with E-state index in [1.54, 1.807) is 0 Å². The first-order valence-corrected chi connectivity index (χ1v) is 2.13. The van der Waals surface area contributed by atoms with Crippen molar-refractivity contribution in [3.05, 3.63) is 0 Å². The second kappa shape index (κ2) is 3.51. The molecule has 0 fully saturated rings. The Bertz CT molecular complexity index is 42.8.